The first-order valence-corrected chi connectivity index (χ1v) is 6.01. The monoisotopic (exact) mass is 274 g/mol. The molecule has 0 fully saturated rings. The lowest BCUT2D eigenvalue weighted by molar-refractivity contribution is 1.06. The van der Waals surface area contributed by atoms with E-state index >= 15 is 0 Å². The van der Waals surface area contributed by atoms with Crippen molar-refractivity contribution in [3.8, 4) is 0 Å². The topological polar surface area (TPSA) is 0 Å². The predicted octanol–water partition coefficient (Wildman–Crippen LogP) is 3.75. The molecule has 0 unspecified atom stereocenters. The molecule has 1 aromatic rings. The first-order chi connectivity index (χ1) is 5.81. The van der Waals surface area contributed by atoms with Crippen LogP contribution < -0.4 is 0 Å². The highest BCUT2D eigenvalue weighted by Crippen LogP contribution is 2.16. The summed E-state index contributed by atoms with van der Waals surface area (Å²) < 4.78 is 1.13. The Hall–Kier alpha value is -0.0500. The molecule has 0 aromatic heterocycles. The molecule has 0 saturated carbocycles. The zero-order chi connectivity index (χ0) is 8.97. The Morgan fingerprint density at radius 3 is 2.33 bits per heavy atom. The van der Waals surface area contributed by atoms with E-state index in [1.165, 1.54) is 16.7 Å². The molecule has 0 bridgehead atoms. The lowest BCUT2D eigenvalue weighted by Gasteiger charge is -2.06. The molecule has 0 aliphatic rings. The minimum atomic E-state index is 1.13. The lowest BCUT2D eigenvalue weighted by atomic mass is 10.0. The number of hydrogen-bond acceptors (Lipinski definition) is 0. The Morgan fingerprint density at radius 1 is 1.08 bits per heavy atom. The van der Waals surface area contributed by atoms with Crippen LogP contribution in [0.3, 0.4) is 0 Å². The molecule has 0 aliphatic heterocycles. The second-order valence-electron chi connectivity index (χ2n) is 2.94. The third-order valence-electron chi connectivity index (χ3n) is 2.20. The summed E-state index contributed by atoms with van der Waals surface area (Å²) in [5.74, 6) is 0. The standard InChI is InChI=1S/C11H15I/c1-3-9-5-6-11(8-12)10(4-2)7-9/h5-7H,3-4,8H2,1-2H3. The van der Waals surface area contributed by atoms with Crippen molar-refractivity contribution in [3.05, 3.63) is 34.9 Å². The van der Waals surface area contributed by atoms with Crippen LogP contribution in [0.4, 0.5) is 0 Å². The van der Waals surface area contributed by atoms with E-state index in [1.807, 2.05) is 0 Å². The molecule has 0 aliphatic carbocycles. The normalized spacial score (nSPS) is 10.2. The van der Waals surface area contributed by atoms with Crippen molar-refractivity contribution >= 4 is 22.6 Å². The molecule has 0 nitrogen and oxygen atoms in total. The van der Waals surface area contributed by atoms with Gasteiger partial charge in [-0.1, -0.05) is 54.6 Å². The largest absolute Gasteiger partial charge is 0.0812 e. The van der Waals surface area contributed by atoms with Gasteiger partial charge in [-0.2, -0.15) is 0 Å². The van der Waals surface area contributed by atoms with E-state index in [2.05, 4.69) is 54.6 Å². The van der Waals surface area contributed by atoms with Gasteiger partial charge in [0.2, 0.25) is 0 Å². The molecule has 0 heterocycles. The average molecular weight is 274 g/mol. The fourth-order valence-electron chi connectivity index (χ4n) is 1.36. The molecule has 0 atom stereocenters. The molecule has 66 valence electrons. The van der Waals surface area contributed by atoms with Gasteiger partial charge in [0.1, 0.15) is 0 Å². The van der Waals surface area contributed by atoms with Crippen LogP contribution in [-0.4, -0.2) is 0 Å². The number of alkyl halides is 1. The van der Waals surface area contributed by atoms with Crippen molar-refractivity contribution in [1.29, 1.82) is 0 Å². The first kappa shape index (κ1) is 10.0. The smallest absolute Gasteiger partial charge is 0.0249 e. The summed E-state index contributed by atoms with van der Waals surface area (Å²) in [4.78, 5) is 0. The second-order valence-corrected chi connectivity index (χ2v) is 3.71. The maximum Gasteiger partial charge on any atom is 0.0249 e. The number of aryl methyl sites for hydroxylation is 2. The fourth-order valence-corrected chi connectivity index (χ4v) is 2.10. The van der Waals surface area contributed by atoms with Gasteiger partial charge in [0.15, 0.2) is 0 Å². The van der Waals surface area contributed by atoms with Crippen LogP contribution in [0.5, 0.6) is 0 Å². The second kappa shape index (κ2) is 4.85. The van der Waals surface area contributed by atoms with Gasteiger partial charge in [-0.15, -0.1) is 0 Å². The average Bonchev–Trinajstić information content (AvgIpc) is 2.16. The van der Waals surface area contributed by atoms with Crippen molar-refractivity contribution in [1.82, 2.24) is 0 Å². The van der Waals surface area contributed by atoms with E-state index in [0.29, 0.717) is 0 Å². The molecule has 1 aromatic carbocycles. The van der Waals surface area contributed by atoms with E-state index in [4.69, 9.17) is 0 Å². The summed E-state index contributed by atoms with van der Waals surface area (Å²) in [6, 6.07) is 6.85. The number of benzene rings is 1. The highest BCUT2D eigenvalue weighted by atomic mass is 127. The van der Waals surface area contributed by atoms with Crippen LogP contribution in [-0.2, 0) is 17.3 Å². The van der Waals surface area contributed by atoms with Gasteiger partial charge in [-0.3, -0.25) is 0 Å². The summed E-state index contributed by atoms with van der Waals surface area (Å²) in [5.41, 5.74) is 4.47. The van der Waals surface area contributed by atoms with Crippen LogP contribution in [0.25, 0.3) is 0 Å². The Labute approximate surface area is 88.5 Å². The van der Waals surface area contributed by atoms with Gasteiger partial charge in [-0.05, 0) is 29.5 Å². The summed E-state index contributed by atoms with van der Waals surface area (Å²) in [7, 11) is 0. The summed E-state index contributed by atoms with van der Waals surface area (Å²) in [6.45, 7) is 4.43. The van der Waals surface area contributed by atoms with Crippen molar-refractivity contribution < 1.29 is 0 Å². The van der Waals surface area contributed by atoms with E-state index in [0.717, 1.165) is 17.3 Å². The first-order valence-electron chi connectivity index (χ1n) is 4.48. The summed E-state index contributed by atoms with van der Waals surface area (Å²) in [6.07, 6.45) is 2.31. The van der Waals surface area contributed by atoms with Crippen molar-refractivity contribution in [2.24, 2.45) is 0 Å². The zero-order valence-corrected chi connectivity index (χ0v) is 9.89. The minimum Gasteiger partial charge on any atom is -0.0812 e. The molecule has 0 spiro atoms. The maximum atomic E-state index is 2.43. The lowest BCUT2D eigenvalue weighted by Crippen LogP contribution is -1.91. The molecule has 0 radical (unpaired) electrons. The van der Waals surface area contributed by atoms with E-state index in [9.17, 15) is 0 Å². The number of hydrogen-bond donors (Lipinski definition) is 0. The van der Waals surface area contributed by atoms with Crippen LogP contribution in [0, 0.1) is 0 Å². The SMILES string of the molecule is CCc1ccc(CI)c(CC)c1. The van der Waals surface area contributed by atoms with Gasteiger partial charge < -0.3 is 0 Å². The molecular formula is C11H15I. The van der Waals surface area contributed by atoms with Crippen LogP contribution in [0.15, 0.2) is 18.2 Å². The molecule has 0 saturated heterocycles. The maximum absolute atomic E-state index is 2.43. The molecule has 1 heteroatoms. The fraction of sp³-hybridized carbons (Fsp3) is 0.455. The molecular weight excluding hydrogens is 259 g/mol. The Bertz CT molecular complexity index is 253. The van der Waals surface area contributed by atoms with Gasteiger partial charge in [0.05, 0.1) is 0 Å². The van der Waals surface area contributed by atoms with Crippen molar-refractivity contribution in [2.45, 2.75) is 31.1 Å². The predicted molar refractivity (Wildman–Crippen MR) is 62.9 cm³/mol. The Morgan fingerprint density at radius 2 is 1.83 bits per heavy atom. The molecule has 0 N–H and O–H groups in total. The highest BCUT2D eigenvalue weighted by molar-refractivity contribution is 14.1. The van der Waals surface area contributed by atoms with Crippen LogP contribution in [0.2, 0.25) is 0 Å². The quantitative estimate of drug-likeness (QED) is 0.581. The summed E-state index contributed by atoms with van der Waals surface area (Å²) in [5, 5.41) is 0. The molecule has 1 rings (SSSR count). The van der Waals surface area contributed by atoms with Crippen LogP contribution in [0.1, 0.15) is 30.5 Å². The third-order valence-corrected chi connectivity index (χ3v) is 3.03. The van der Waals surface area contributed by atoms with Crippen molar-refractivity contribution in [3.63, 3.8) is 0 Å². The van der Waals surface area contributed by atoms with Crippen LogP contribution >= 0.6 is 22.6 Å². The summed E-state index contributed by atoms with van der Waals surface area (Å²) >= 11 is 2.43. The number of rotatable bonds is 3. The van der Waals surface area contributed by atoms with E-state index < -0.39 is 0 Å². The number of halogens is 1. The van der Waals surface area contributed by atoms with E-state index in [1.54, 1.807) is 0 Å². The highest BCUT2D eigenvalue weighted by Gasteiger charge is 1.99. The third kappa shape index (κ3) is 2.22. The Balaban J connectivity index is 3.02. The van der Waals surface area contributed by atoms with E-state index in [-0.39, 0.29) is 0 Å². The van der Waals surface area contributed by atoms with Gasteiger partial charge in [-0.25, -0.2) is 0 Å². The van der Waals surface area contributed by atoms with Gasteiger partial charge in [0.25, 0.3) is 0 Å². The van der Waals surface area contributed by atoms with Gasteiger partial charge >= 0.3 is 0 Å². The van der Waals surface area contributed by atoms with Gasteiger partial charge in [0, 0.05) is 4.43 Å². The zero-order valence-electron chi connectivity index (χ0n) is 7.73. The Kier molecular flexibility index (Phi) is 4.06. The van der Waals surface area contributed by atoms with Crippen molar-refractivity contribution in [2.75, 3.05) is 0 Å². The molecule has 12 heavy (non-hydrogen) atoms. The molecule has 0 amide bonds. The minimum absolute atomic E-state index is 1.13.